The van der Waals surface area contributed by atoms with E-state index in [1.165, 1.54) is 23.1 Å². The molecule has 0 bridgehead atoms. The lowest BCUT2D eigenvalue weighted by Gasteiger charge is -2.14. The highest BCUT2D eigenvalue weighted by Gasteiger charge is 2.33. The van der Waals surface area contributed by atoms with E-state index in [1.807, 2.05) is 31.2 Å². The standard InChI is InChI=1S/C21H18N2O5S2/c1-2-28-16-8-6-13(7-9-16)10-17-19(25)23(21(29)30-17)12-18(24)22-15-5-3-4-14(11-15)20(26)27/h3-11H,2,12H2,1H3,(H,22,24)(H,26,27). The average Bonchev–Trinajstić information content (AvgIpc) is 2.97. The van der Waals surface area contributed by atoms with Crippen LogP contribution in [0.25, 0.3) is 6.08 Å². The summed E-state index contributed by atoms with van der Waals surface area (Å²) in [5.41, 5.74) is 1.20. The SMILES string of the molecule is CCOc1ccc(C=C2SC(=S)N(CC(=O)Nc3cccc(C(=O)O)c3)C2=O)cc1. The molecule has 1 fully saturated rings. The maximum absolute atomic E-state index is 12.7. The fourth-order valence-electron chi connectivity index (χ4n) is 2.69. The van der Waals surface area contributed by atoms with Gasteiger partial charge in [0.05, 0.1) is 17.1 Å². The van der Waals surface area contributed by atoms with Gasteiger partial charge in [-0.05, 0) is 48.9 Å². The van der Waals surface area contributed by atoms with Crippen LogP contribution < -0.4 is 10.1 Å². The first-order valence-electron chi connectivity index (χ1n) is 8.99. The number of carbonyl (C=O) groups excluding carboxylic acids is 2. The number of carboxylic acid groups (broad SMARTS) is 1. The number of hydrogen-bond acceptors (Lipinski definition) is 6. The predicted molar refractivity (Wildman–Crippen MR) is 120 cm³/mol. The molecule has 0 saturated carbocycles. The smallest absolute Gasteiger partial charge is 0.335 e. The van der Waals surface area contributed by atoms with Crippen LogP contribution in [-0.4, -0.2) is 45.3 Å². The molecule has 0 unspecified atom stereocenters. The van der Waals surface area contributed by atoms with E-state index < -0.39 is 11.9 Å². The molecule has 2 amide bonds. The van der Waals surface area contributed by atoms with Gasteiger partial charge in [-0.3, -0.25) is 14.5 Å². The van der Waals surface area contributed by atoms with Crippen LogP contribution in [0.3, 0.4) is 0 Å². The molecule has 0 atom stereocenters. The molecule has 1 aliphatic rings. The third kappa shape index (κ3) is 5.25. The number of thiocarbonyl (C=S) groups is 1. The van der Waals surface area contributed by atoms with E-state index in [2.05, 4.69) is 5.32 Å². The lowest BCUT2D eigenvalue weighted by molar-refractivity contribution is -0.126. The minimum absolute atomic E-state index is 0.0525. The lowest BCUT2D eigenvalue weighted by Crippen LogP contribution is -2.36. The van der Waals surface area contributed by atoms with Crippen LogP contribution in [0.15, 0.2) is 53.4 Å². The summed E-state index contributed by atoms with van der Waals surface area (Å²) in [4.78, 5) is 37.7. The number of ether oxygens (including phenoxy) is 1. The molecule has 7 nitrogen and oxygen atoms in total. The minimum Gasteiger partial charge on any atom is -0.494 e. The number of hydrogen-bond donors (Lipinski definition) is 2. The summed E-state index contributed by atoms with van der Waals surface area (Å²) < 4.78 is 5.68. The van der Waals surface area contributed by atoms with Crippen molar-refractivity contribution in [3.63, 3.8) is 0 Å². The summed E-state index contributed by atoms with van der Waals surface area (Å²) in [5.74, 6) is -1.18. The molecule has 0 radical (unpaired) electrons. The molecular weight excluding hydrogens is 424 g/mol. The molecule has 1 saturated heterocycles. The van der Waals surface area contributed by atoms with Gasteiger partial charge in [0.15, 0.2) is 0 Å². The average molecular weight is 443 g/mol. The Hall–Kier alpha value is -3.17. The maximum atomic E-state index is 12.7. The van der Waals surface area contributed by atoms with Gasteiger partial charge in [0.1, 0.15) is 16.6 Å². The number of nitrogens with one attached hydrogen (secondary N) is 1. The summed E-state index contributed by atoms with van der Waals surface area (Å²) >= 11 is 6.38. The molecule has 0 spiro atoms. The van der Waals surface area contributed by atoms with Crippen LogP contribution in [0, 0.1) is 0 Å². The van der Waals surface area contributed by atoms with Gasteiger partial charge >= 0.3 is 5.97 Å². The van der Waals surface area contributed by atoms with Crippen LogP contribution in [0.1, 0.15) is 22.8 Å². The normalized spacial score (nSPS) is 14.8. The van der Waals surface area contributed by atoms with Gasteiger partial charge in [-0.15, -0.1) is 0 Å². The van der Waals surface area contributed by atoms with Crippen LogP contribution in [0.2, 0.25) is 0 Å². The zero-order chi connectivity index (χ0) is 21.7. The third-order valence-corrected chi connectivity index (χ3v) is 5.44. The van der Waals surface area contributed by atoms with Crippen LogP contribution in [0.4, 0.5) is 5.69 Å². The first kappa shape index (κ1) is 21.5. The number of nitrogens with zero attached hydrogens (tertiary/aromatic N) is 1. The summed E-state index contributed by atoms with van der Waals surface area (Å²) in [6, 6.07) is 13.2. The van der Waals surface area contributed by atoms with E-state index in [1.54, 1.807) is 12.1 Å². The maximum Gasteiger partial charge on any atom is 0.335 e. The molecule has 2 aromatic carbocycles. The third-order valence-electron chi connectivity index (χ3n) is 4.06. The molecular formula is C21H18N2O5S2. The second kappa shape index (κ2) is 9.55. The number of benzene rings is 2. The van der Waals surface area contributed by atoms with Crippen molar-refractivity contribution < 1.29 is 24.2 Å². The molecule has 30 heavy (non-hydrogen) atoms. The topological polar surface area (TPSA) is 95.9 Å². The number of rotatable bonds is 7. The lowest BCUT2D eigenvalue weighted by atomic mass is 10.2. The van der Waals surface area contributed by atoms with E-state index in [-0.39, 0.29) is 22.3 Å². The van der Waals surface area contributed by atoms with Crippen LogP contribution in [0.5, 0.6) is 5.75 Å². The Morgan fingerprint density at radius 2 is 1.97 bits per heavy atom. The van der Waals surface area contributed by atoms with Crippen molar-refractivity contribution in [2.75, 3.05) is 18.5 Å². The molecule has 3 rings (SSSR count). The first-order chi connectivity index (χ1) is 14.4. The molecule has 0 aromatic heterocycles. The summed E-state index contributed by atoms with van der Waals surface area (Å²) in [5, 5.41) is 11.6. The number of carbonyl (C=O) groups is 3. The number of amides is 2. The van der Waals surface area contributed by atoms with Gasteiger partial charge in [0.2, 0.25) is 5.91 Å². The number of anilines is 1. The Balaban J connectivity index is 1.66. The van der Waals surface area contributed by atoms with E-state index in [9.17, 15) is 14.4 Å². The van der Waals surface area contributed by atoms with Crippen molar-refractivity contribution in [1.82, 2.24) is 4.90 Å². The summed E-state index contributed by atoms with van der Waals surface area (Å²) in [6.45, 7) is 2.21. The fourth-order valence-corrected chi connectivity index (χ4v) is 3.94. The highest BCUT2D eigenvalue weighted by atomic mass is 32.2. The van der Waals surface area contributed by atoms with Gasteiger partial charge in [0, 0.05) is 5.69 Å². The van der Waals surface area contributed by atoms with Gasteiger partial charge < -0.3 is 15.2 Å². The van der Waals surface area contributed by atoms with Crippen molar-refractivity contribution >= 4 is 57.8 Å². The Kier molecular flexibility index (Phi) is 6.86. The molecule has 154 valence electrons. The van der Waals surface area contributed by atoms with Crippen LogP contribution >= 0.6 is 24.0 Å². The minimum atomic E-state index is -1.09. The highest BCUT2D eigenvalue weighted by Crippen LogP contribution is 2.32. The molecule has 2 aromatic rings. The van der Waals surface area contributed by atoms with E-state index in [0.29, 0.717) is 17.2 Å². The second-order valence-corrected chi connectivity index (χ2v) is 7.88. The number of carboxylic acids is 1. The van der Waals surface area contributed by atoms with E-state index in [4.69, 9.17) is 22.1 Å². The first-order valence-corrected chi connectivity index (χ1v) is 10.2. The number of aromatic carboxylic acids is 1. The van der Waals surface area contributed by atoms with Gasteiger partial charge in [-0.25, -0.2) is 4.79 Å². The molecule has 1 aliphatic heterocycles. The fraction of sp³-hybridized carbons (Fsp3) is 0.143. The molecule has 0 aliphatic carbocycles. The second-order valence-electron chi connectivity index (χ2n) is 6.20. The van der Waals surface area contributed by atoms with Crippen molar-refractivity contribution in [3.8, 4) is 5.75 Å². The quantitative estimate of drug-likeness (QED) is 0.499. The Labute approximate surface area is 182 Å². The van der Waals surface area contributed by atoms with Crippen molar-refractivity contribution in [2.24, 2.45) is 0 Å². The van der Waals surface area contributed by atoms with Gasteiger partial charge in [-0.2, -0.15) is 0 Å². The number of thioether (sulfide) groups is 1. The zero-order valence-electron chi connectivity index (χ0n) is 16.0. The van der Waals surface area contributed by atoms with E-state index in [0.717, 1.165) is 23.1 Å². The predicted octanol–water partition coefficient (Wildman–Crippen LogP) is 3.62. The Morgan fingerprint density at radius 1 is 1.23 bits per heavy atom. The molecule has 1 heterocycles. The monoisotopic (exact) mass is 442 g/mol. The van der Waals surface area contributed by atoms with Crippen molar-refractivity contribution in [1.29, 1.82) is 0 Å². The largest absolute Gasteiger partial charge is 0.494 e. The zero-order valence-corrected chi connectivity index (χ0v) is 17.6. The van der Waals surface area contributed by atoms with Crippen molar-refractivity contribution in [2.45, 2.75) is 6.92 Å². The van der Waals surface area contributed by atoms with Crippen LogP contribution in [-0.2, 0) is 9.59 Å². The molecule has 9 heteroatoms. The highest BCUT2D eigenvalue weighted by molar-refractivity contribution is 8.26. The summed E-state index contributed by atoms with van der Waals surface area (Å²) in [7, 11) is 0. The Bertz CT molecular complexity index is 1030. The molecule has 2 N–H and O–H groups in total. The summed E-state index contributed by atoms with van der Waals surface area (Å²) in [6.07, 6.45) is 1.71. The van der Waals surface area contributed by atoms with Gasteiger partial charge in [0.25, 0.3) is 5.91 Å². The van der Waals surface area contributed by atoms with E-state index >= 15 is 0 Å². The van der Waals surface area contributed by atoms with Gasteiger partial charge in [-0.1, -0.05) is 42.2 Å². The van der Waals surface area contributed by atoms with Crippen molar-refractivity contribution in [3.05, 3.63) is 64.6 Å². The Morgan fingerprint density at radius 3 is 2.63 bits per heavy atom.